The van der Waals surface area contributed by atoms with E-state index >= 15 is 0 Å². The Kier molecular flexibility index (Phi) is 3.67. The molecule has 94 valence electrons. The Bertz CT molecular complexity index is 540. The van der Waals surface area contributed by atoms with Crippen molar-refractivity contribution in [2.45, 2.75) is 12.0 Å². The van der Waals surface area contributed by atoms with Crippen LogP contribution in [0.3, 0.4) is 0 Å². The third-order valence-corrected chi connectivity index (χ3v) is 4.23. The van der Waals surface area contributed by atoms with E-state index in [1.54, 1.807) is 11.8 Å². The summed E-state index contributed by atoms with van der Waals surface area (Å²) in [6, 6.07) is 8.20. The van der Waals surface area contributed by atoms with Crippen molar-refractivity contribution in [2.75, 3.05) is 12.4 Å². The second kappa shape index (κ2) is 5.42. The van der Waals surface area contributed by atoms with Crippen molar-refractivity contribution in [3.8, 4) is 0 Å². The monoisotopic (exact) mass is 325 g/mol. The van der Waals surface area contributed by atoms with Gasteiger partial charge in [0.15, 0.2) is 0 Å². The van der Waals surface area contributed by atoms with E-state index in [4.69, 9.17) is 4.74 Å². The number of aromatic nitrogens is 3. The molecule has 1 saturated heterocycles. The number of ether oxygens (including phenoxy) is 1. The Hall–Kier alpha value is -0.850. The van der Waals surface area contributed by atoms with E-state index in [9.17, 15) is 0 Å². The number of hydrogen-bond donors (Lipinski definition) is 0. The van der Waals surface area contributed by atoms with Gasteiger partial charge in [-0.1, -0.05) is 33.3 Å². The highest BCUT2D eigenvalue weighted by Gasteiger charge is 2.21. The summed E-state index contributed by atoms with van der Waals surface area (Å²) >= 11 is 5.24. The van der Waals surface area contributed by atoms with E-state index < -0.39 is 0 Å². The Morgan fingerprint density at radius 3 is 3.22 bits per heavy atom. The summed E-state index contributed by atoms with van der Waals surface area (Å²) in [6.45, 7) is 1.53. The van der Waals surface area contributed by atoms with Gasteiger partial charge in [-0.3, -0.25) is 0 Å². The summed E-state index contributed by atoms with van der Waals surface area (Å²) in [5, 5.41) is 8.32. The summed E-state index contributed by atoms with van der Waals surface area (Å²) < 4.78 is 8.49. The number of benzene rings is 1. The maximum absolute atomic E-state index is 5.56. The highest BCUT2D eigenvalue weighted by molar-refractivity contribution is 9.10. The molecule has 0 unspecified atom stereocenters. The normalized spacial score (nSPS) is 19.3. The first kappa shape index (κ1) is 12.2. The lowest BCUT2D eigenvalue weighted by Crippen LogP contribution is -2.00. The molecule has 0 spiro atoms. The Balaban J connectivity index is 1.73. The lowest BCUT2D eigenvalue weighted by Gasteiger charge is -2.03. The smallest absolute Gasteiger partial charge is 0.148 e. The van der Waals surface area contributed by atoms with Crippen molar-refractivity contribution < 1.29 is 4.74 Å². The fraction of sp³-hybridized carbons (Fsp3) is 0.333. The fourth-order valence-corrected chi connectivity index (χ4v) is 3.17. The second-order valence-electron chi connectivity index (χ2n) is 4.04. The van der Waals surface area contributed by atoms with E-state index in [0.717, 1.165) is 29.1 Å². The molecule has 18 heavy (non-hydrogen) atoms. The van der Waals surface area contributed by atoms with Crippen LogP contribution >= 0.6 is 27.7 Å². The fourth-order valence-electron chi connectivity index (χ4n) is 1.85. The molecule has 0 aliphatic carbocycles. The molecule has 1 fully saturated rings. The van der Waals surface area contributed by atoms with Crippen molar-refractivity contribution in [3.63, 3.8) is 0 Å². The largest absolute Gasteiger partial charge is 0.360 e. The molecular formula is C12H12BrN3OS. The quantitative estimate of drug-likeness (QED) is 0.870. The molecule has 6 heteroatoms. The molecule has 1 atom stereocenters. The molecule has 0 radical (unpaired) electrons. The van der Waals surface area contributed by atoms with Gasteiger partial charge in [0.2, 0.25) is 0 Å². The van der Waals surface area contributed by atoms with Gasteiger partial charge in [-0.05, 0) is 17.7 Å². The van der Waals surface area contributed by atoms with Crippen LogP contribution in [0.2, 0.25) is 0 Å². The van der Waals surface area contributed by atoms with E-state index in [1.807, 2.05) is 23.0 Å². The molecule has 2 heterocycles. The highest BCUT2D eigenvalue weighted by Crippen LogP contribution is 2.33. The number of halogens is 1. The first-order chi connectivity index (χ1) is 8.81. The van der Waals surface area contributed by atoms with Crippen LogP contribution in [0.1, 0.15) is 16.7 Å². The summed E-state index contributed by atoms with van der Waals surface area (Å²) in [6.07, 6.45) is 1.96. The Morgan fingerprint density at radius 2 is 2.44 bits per heavy atom. The van der Waals surface area contributed by atoms with E-state index in [0.29, 0.717) is 0 Å². The summed E-state index contributed by atoms with van der Waals surface area (Å²) in [7, 11) is 0. The van der Waals surface area contributed by atoms with Crippen LogP contribution in [0, 0.1) is 0 Å². The zero-order valence-corrected chi connectivity index (χ0v) is 12.0. The molecular weight excluding hydrogens is 314 g/mol. The van der Waals surface area contributed by atoms with Gasteiger partial charge >= 0.3 is 0 Å². The summed E-state index contributed by atoms with van der Waals surface area (Å²) in [4.78, 5) is 0. The van der Waals surface area contributed by atoms with Crippen LogP contribution in [0.5, 0.6) is 0 Å². The average Bonchev–Trinajstić information content (AvgIpc) is 2.98. The number of rotatable bonds is 3. The molecule has 1 aliphatic heterocycles. The SMILES string of the molecule is Brc1cccc(Cn2cc([C@@H]3OCCS3)nn2)c1. The van der Waals surface area contributed by atoms with Crippen LogP contribution in [0.4, 0.5) is 0 Å². The van der Waals surface area contributed by atoms with Crippen molar-refractivity contribution >= 4 is 27.7 Å². The van der Waals surface area contributed by atoms with Crippen molar-refractivity contribution in [1.29, 1.82) is 0 Å². The standard InChI is InChI=1S/C12H12BrN3OS/c13-10-3-1-2-9(6-10)7-16-8-11(14-15-16)12-17-4-5-18-12/h1-3,6,8,12H,4-5,7H2/t12-/m1/s1. The minimum absolute atomic E-state index is 0.0567. The van der Waals surface area contributed by atoms with E-state index in [1.165, 1.54) is 5.56 Å². The maximum atomic E-state index is 5.56. The van der Waals surface area contributed by atoms with E-state index in [-0.39, 0.29) is 5.44 Å². The third kappa shape index (κ3) is 2.76. The average molecular weight is 326 g/mol. The molecule has 1 aromatic carbocycles. The van der Waals surface area contributed by atoms with Gasteiger partial charge in [-0.25, -0.2) is 4.68 Å². The minimum atomic E-state index is 0.0567. The molecule has 0 amide bonds. The van der Waals surface area contributed by atoms with Gasteiger partial charge < -0.3 is 4.74 Å². The zero-order valence-electron chi connectivity index (χ0n) is 9.62. The van der Waals surface area contributed by atoms with Crippen molar-refractivity contribution in [1.82, 2.24) is 15.0 Å². The summed E-state index contributed by atoms with van der Waals surface area (Å²) in [5.74, 6) is 1.03. The number of nitrogens with zero attached hydrogens (tertiary/aromatic N) is 3. The summed E-state index contributed by atoms with van der Waals surface area (Å²) in [5.41, 5.74) is 2.16. The first-order valence-electron chi connectivity index (χ1n) is 5.69. The van der Waals surface area contributed by atoms with Crippen LogP contribution < -0.4 is 0 Å². The topological polar surface area (TPSA) is 39.9 Å². The van der Waals surface area contributed by atoms with Gasteiger partial charge in [0, 0.05) is 10.2 Å². The molecule has 0 N–H and O–H groups in total. The predicted molar refractivity (Wildman–Crippen MR) is 74.4 cm³/mol. The third-order valence-electron chi connectivity index (χ3n) is 2.65. The van der Waals surface area contributed by atoms with Crippen LogP contribution in [0.15, 0.2) is 34.9 Å². The number of hydrogen-bond acceptors (Lipinski definition) is 4. The molecule has 0 saturated carbocycles. The van der Waals surface area contributed by atoms with Crippen LogP contribution in [0.25, 0.3) is 0 Å². The predicted octanol–water partition coefficient (Wildman–Crippen LogP) is 2.85. The van der Waals surface area contributed by atoms with E-state index in [2.05, 4.69) is 38.4 Å². The minimum Gasteiger partial charge on any atom is -0.360 e. The first-order valence-corrected chi connectivity index (χ1v) is 7.53. The molecule has 0 bridgehead atoms. The number of thioether (sulfide) groups is 1. The zero-order chi connectivity index (χ0) is 12.4. The van der Waals surface area contributed by atoms with Gasteiger partial charge in [0.25, 0.3) is 0 Å². The lowest BCUT2D eigenvalue weighted by atomic mass is 10.2. The van der Waals surface area contributed by atoms with Crippen LogP contribution in [-0.4, -0.2) is 27.4 Å². The highest BCUT2D eigenvalue weighted by atomic mass is 79.9. The molecule has 1 aromatic heterocycles. The van der Waals surface area contributed by atoms with Gasteiger partial charge in [-0.2, -0.15) is 0 Å². The van der Waals surface area contributed by atoms with Gasteiger partial charge in [0.05, 0.1) is 19.3 Å². The molecule has 2 aromatic rings. The van der Waals surface area contributed by atoms with Crippen LogP contribution in [-0.2, 0) is 11.3 Å². The van der Waals surface area contributed by atoms with Gasteiger partial charge in [0.1, 0.15) is 11.1 Å². The van der Waals surface area contributed by atoms with Crippen molar-refractivity contribution in [2.24, 2.45) is 0 Å². The molecule has 1 aliphatic rings. The van der Waals surface area contributed by atoms with Gasteiger partial charge in [-0.15, -0.1) is 16.9 Å². The Morgan fingerprint density at radius 1 is 1.50 bits per heavy atom. The van der Waals surface area contributed by atoms with Crippen molar-refractivity contribution in [3.05, 3.63) is 46.2 Å². The lowest BCUT2D eigenvalue weighted by molar-refractivity contribution is 0.142. The molecule has 3 rings (SSSR count). The molecule has 4 nitrogen and oxygen atoms in total. The Labute approximate surface area is 118 Å². The maximum Gasteiger partial charge on any atom is 0.148 e. The second-order valence-corrected chi connectivity index (χ2v) is 6.13.